The predicted octanol–water partition coefficient (Wildman–Crippen LogP) is 3.43. The van der Waals surface area contributed by atoms with Gasteiger partial charge in [-0.2, -0.15) is 0 Å². The van der Waals surface area contributed by atoms with Crippen molar-refractivity contribution in [3.63, 3.8) is 0 Å². The molecule has 0 unspecified atom stereocenters. The maximum Gasteiger partial charge on any atom is 0.257 e. The van der Waals surface area contributed by atoms with Gasteiger partial charge in [0.2, 0.25) is 0 Å². The molecule has 19 heavy (non-hydrogen) atoms. The fourth-order valence-electron chi connectivity index (χ4n) is 1.87. The molecule has 0 saturated carbocycles. The van der Waals surface area contributed by atoms with E-state index in [0.717, 1.165) is 0 Å². The molecule has 2 rings (SSSR count). The number of rotatable bonds is 3. The van der Waals surface area contributed by atoms with Crippen LogP contribution < -0.4 is 10.6 Å². The van der Waals surface area contributed by atoms with Crippen molar-refractivity contribution in [2.45, 2.75) is 6.92 Å². The topological polar surface area (TPSA) is 41.1 Å². The van der Waals surface area contributed by atoms with E-state index in [9.17, 15) is 9.18 Å². The van der Waals surface area contributed by atoms with Crippen molar-refractivity contribution in [3.8, 4) is 0 Å². The Labute approximate surface area is 111 Å². The summed E-state index contributed by atoms with van der Waals surface area (Å²) in [5.74, 6) is -0.770. The highest BCUT2D eigenvalue weighted by Crippen LogP contribution is 2.21. The van der Waals surface area contributed by atoms with Crippen LogP contribution in [-0.2, 0) is 0 Å². The molecule has 1 amide bonds. The molecule has 0 radical (unpaired) electrons. The fraction of sp³-hybridized carbons (Fsp3) is 0.133. The molecule has 0 atom stereocenters. The fourth-order valence-corrected chi connectivity index (χ4v) is 1.87. The predicted molar refractivity (Wildman–Crippen MR) is 75.1 cm³/mol. The monoisotopic (exact) mass is 258 g/mol. The zero-order valence-electron chi connectivity index (χ0n) is 10.8. The van der Waals surface area contributed by atoms with E-state index >= 15 is 0 Å². The molecule has 0 aliphatic carbocycles. The Balaban J connectivity index is 2.31. The van der Waals surface area contributed by atoms with Crippen LogP contribution in [0.4, 0.5) is 15.8 Å². The zero-order valence-corrected chi connectivity index (χ0v) is 10.8. The minimum absolute atomic E-state index is 0.221. The van der Waals surface area contributed by atoms with E-state index < -0.39 is 5.82 Å². The Morgan fingerprint density at radius 2 is 1.84 bits per heavy atom. The summed E-state index contributed by atoms with van der Waals surface area (Å²) >= 11 is 0. The minimum atomic E-state index is -0.435. The third-order valence-electron chi connectivity index (χ3n) is 2.90. The first-order valence-corrected chi connectivity index (χ1v) is 5.96. The van der Waals surface area contributed by atoms with Crippen LogP contribution in [0.1, 0.15) is 15.9 Å². The van der Waals surface area contributed by atoms with Gasteiger partial charge in [0.1, 0.15) is 5.82 Å². The first-order valence-electron chi connectivity index (χ1n) is 5.96. The molecule has 0 aliphatic heterocycles. The van der Waals surface area contributed by atoms with Gasteiger partial charge in [-0.15, -0.1) is 0 Å². The van der Waals surface area contributed by atoms with E-state index in [1.807, 2.05) is 6.07 Å². The molecule has 4 heteroatoms. The van der Waals surface area contributed by atoms with Gasteiger partial charge in [-0.05, 0) is 30.7 Å². The van der Waals surface area contributed by atoms with E-state index in [1.54, 1.807) is 44.3 Å². The Kier molecular flexibility index (Phi) is 3.80. The highest BCUT2D eigenvalue weighted by Gasteiger charge is 2.13. The largest absolute Gasteiger partial charge is 0.387 e. The van der Waals surface area contributed by atoms with Crippen molar-refractivity contribution in [3.05, 3.63) is 59.4 Å². The third kappa shape index (κ3) is 2.73. The zero-order chi connectivity index (χ0) is 13.8. The van der Waals surface area contributed by atoms with Gasteiger partial charge in [0, 0.05) is 12.7 Å². The number of nitrogens with one attached hydrogen (secondary N) is 2. The van der Waals surface area contributed by atoms with Crippen molar-refractivity contribution < 1.29 is 9.18 Å². The van der Waals surface area contributed by atoms with Gasteiger partial charge < -0.3 is 10.6 Å². The maximum atomic E-state index is 13.7. The van der Waals surface area contributed by atoms with E-state index in [-0.39, 0.29) is 11.6 Å². The van der Waals surface area contributed by atoms with E-state index in [2.05, 4.69) is 10.6 Å². The molecule has 0 aromatic heterocycles. The summed E-state index contributed by atoms with van der Waals surface area (Å²) in [6.07, 6.45) is 0. The SMILES string of the molecule is CNc1ccccc1C(=O)Nc1c(C)cccc1F. The number of benzene rings is 2. The van der Waals surface area contributed by atoms with E-state index in [4.69, 9.17) is 0 Å². The molecule has 2 N–H and O–H groups in total. The highest BCUT2D eigenvalue weighted by molar-refractivity contribution is 6.08. The number of carbonyl (C=O) groups is 1. The van der Waals surface area contributed by atoms with Gasteiger partial charge in [0.15, 0.2) is 0 Å². The average Bonchev–Trinajstić information content (AvgIpc) is 2.42. The standard InChI is InChI=1S/C15H15FN2O/c1-10-6-5-8-12(16)14(10)18-15(19)11-7-3-4-9-13(11)17-2/h3-9,17H,1-2H3,(H,18,19). The lowest BCUT2D eigenvalue weighted by molar-refractivity contribution is 0.102. The summed E-state index contributed by atoms with van der Waals surface area (Å²) in [5, 5.41) is 5.55. The van der Waals surface area contributed by atoms with Gasteiger partial charge in [-0.1, -0.05) is 24.3 Å². The molecule has 0 spiro atoms. The normalized spacial score (nSPS) is 10.1. The van der Waals surface area contributed by atoms with E-state index in [1.165, 1.54) is 6.07 Å². The first-order chi connectivity index (χ1) is 9.13. The number of carbonyl (C=O) groups excluding carboxylic acids is 1. The molecule has 0 fully saturated rings. The molecule has 98 valence electrons. The van der Waals surface area contributed by atoms with Crippen LogP contribution in [0.25, 0.3) is 0 Å². The highest BCUT2D eigenvalue weighted by atomic mass is 19.1. The summed E-state index contributed by atoms with van der Waals surface area (Å²) in [6, 6.07) is 11.8. The number of anilines is 2. The average molecular weight is 258 g/mol. The number of halogens is 1. The van der Waals surface area contributed by atoms with Gasteiger partial charge >= 0.3 is 0 Å². The van der Waals surface area contributed by atoms with Crippen LogP contribution in [0.3, 0.4) is 0 Å². The Morgan fingerprint density at radius 1 is 1.11 bits per heavy atom. The molecule has 0 aliphatic rings. The summed E-state index contributed by atoms with van der Waals surface area (Å²) in [6.45, 7) is 1.75. The van der Waals surface area contributed by atoms with Crippen LogP contribution in [-0.4, -0.2) is 13.0 Å². The quantitative estimate of drug-likeness (QED) is 0.885. The van der Waals surface area contributed by atoms with Crippen molar-refractivity contribution >= 4 is 17.3 Å². The van der Waals surface area contributed by atoms with Gasteiger partial charge in [0.25, 0.3) is 5.91 Å². The van der Waals surface area contributed by atoms with Gasteiger partial charge in [-0.25, -0.2) is 4.39 Å². The number of aryl methyl sites for hydroxylation is 1. The molecule has 0 bridgehead atoms. The van der Waals surface area contributed by atoms with Crippen molar-refractivity contribution in [2.24, 2.45) is 0 Å². The lowest BCUT2D eigenvalue weighted by Gasteiger charge is -2.12. The Bertz CT molecular complexity index is 591. The molecule has 3 nitrogen and oxygen atoms in total. The first kappa shape index (κ1) is 13.1. The molecule has 0 heterocycles. The number of hydrogen-bond acceptors (Lipinski definition) is 2. The summed E-state index contributed by atoms with van der Waals surface area (Å²) in [7, 11) is 1.74. The van der Waals surface area contributed by atoms with Crippen LogP contribution in [0.5, 0.6) is 0 Å². The summed E-state index contributed by atoms with van der Waals surface area (Å²) in [5.41, 5.74) is 2.09. The lowest BCUT2D eigenvalue weighted by Crippen LogP contribution is -2.15. The maximum absolute atomic E-state index is 13.7. The second kappa shape index (κ2) is 5.52. The summed E-state index contributed by atoms with van der Waals surface area (Å²) in [4.78, 5) is 12.2. The lowest BCUT2D eigenvalue weighted by atomic mass is 10.1. The number of hydrogen-bond donors (Lipinski definition) is 2. The molecule has 2 aromatic carbocycles. The molecule has 2 aromatic rings. The Morgan fingerprint density at radius 3 is 2.53 bits per heavy atom. The number of amides is 1. The van der Waals surface area contributed by atoms with Crippen LogP contribution in [0.15, 0.2) is 42.5 Å². The summed E-state index contributed by atoms with van der Waals surface area (Å²) < 4.78 is 13.7. The van der Waals surface area contributed by atoms with Crippen LogP contribution >= 0.6 is 0 Å². The van der Waals surface area contributed by atoms with Crippen LogP contribution in [0, 0.1) is 12.7 Å². The second-order valence-electron chi connectivity index (χ2n) is 4.18. The minimum Gasteiger partial charge on any atom is -0.387 e. The smallest absolute Gasteiger partial charge is 0.257 e. The van der Waals surface area contributed by atoms with Crippen molar-refractivity contribution in [1.82, 2.24) is 0 Å². The molecule has 0 saturated heterocycles. The molecular weight excluding hydrogens is 243 g/mol. The third-order valence-corrected chi connectivity index (χ3v) is 2.90. The van der Waals surface area contributed by atoms with Crippen LogP contribution in [0.2, 0.25) is 0 Å². The Hall–Kier alpha value is -2.36. The second-order valence-corrected chi connectivity index (χ2v) is 4.18. The van der Waals surface area contributed by atoms with E-state index in [0.29, 0.717) is 16.8 Å². The molecular formula is C15H15FN2O. The number of para-hydroxylation sites is 2. The van der Waals surface area contributed by atoms with Crippen molar-refractivity contribution in [2.75, 3.05) is 17.7 Å². The van der Waals surface area contributed by atoms with Gasteiger partial charge in [-0.3, -0.25) is 4.79 Å². The van der Waals surface area contributed by atoms with Crippen molar-refractivity contribution in [1.29, 1.82) is 0 Å². The van der Waals surface area contributed by atoms with Gasteiger partial charge in [0.05, 0.1) is 11.3 Å².